The fourth-order valence-electron chi connectivity index (χ4n) is 2.60. The molecule has 1 N–H and O–H groups in total. The van der Waals surface area contributed by atoms with E-state index in [-0.39, 0.29) is 5.91 Å². The van der Waals surface area contributed by atoms with Crippen LogP contribution in [-0.4, -0.2) is 29.3 Å². The first-order valence-electron chi connectivity index (χ1n) is 7.34. The molecule has 1 atom stereocenters. The van der Waals surface area contributed by atoms with Crippen LogP contribution in [0.25, 0.3) is 10.8 Å². The maximum absolute atomic E-state index is 12.1. The van der Waals surface area contributed by atoms with Gasteiger partial charge in [-0.15, -0.1) is 0 Å². The Hall–Kier alpha value is -2.05. The summed E-state index contributed by atoms with van der Waals surface area (Å²) >= 11 is 1.53. The van der Waals surface area contributed by atoms with Crippen LogP contribution >= 0.6 is 0 Å². The summed E-state index contributed by atoms with van der Waals surface area (Å²) in [4.78, 5) is 12.1. The van der Waals surface area contributed by atoms with Gasteiger partial charge in [0.2, 0.25) is 0 Å². The molecule has 0 aliphatic rings. The Morgan fingerprint density at radius 3 is 2.59 bits per heavy atom. The quantitative estimate of drug-likeness (QED) is 0.717. The van der Waals surface area contributed by atoms with Crippen LogP contribution in [0.15, 0.2) is 66.7 Å². The molecule has 0 saturated carbocycles. The van der Waals surface area contributed by atoms with Crippen molar-refractivity contribution in [2.75, 3.05) is 6.54 Å². The first kappa shape index (κ1) is 14.9. The van der Waals surface area contributed by atoms with Crippen molar-refractivity contribution in [3.8, 4) is 0 Å². The number of carbonyl (C=O) groups is 1. The molecule has 0 bridgehead atoms. The third kappa shape index (κ3) is 3.40. The van der Waals surface area contributed by atoms with E-state index in [0.717, 1.165) is 16.3 Å². The second kappa shape index (κ2) is 6.81. The summed E-state index contributed by atoms with van der Waals surface area (Å²) in [6.45, 7) is 0.645. The van der Waals surface area contributed by atoms with Gasteiger partial charge in [-0.1, -0.05) is 0 Å². The van der Waals surface area contributed by atoms with Crippen LogP contribution in [0.3, 0.4) is 0 Å². The fraction of sp³-hybridized carbons (Fsp3) is 0.105. The Kier molecular flexibility index (Phi) is 4.60. The summed E-state index contributed by atoms with van der Waals surface area (Å²) in [6.07, 6.45) is 0.836. The summed E-state index contributed by atoms with van der Waals surface area (Å²) < 4.78 is 1.16. The van der Waals surface area contributed by atoms with E-state index in [9.17, 15) is 4.79 Å². The zero-order chi connectivity index (χ0) is 15.4. The van der Waals surface area contributed by atoms with Crippen molar-refractivity contribution < 1.29 is 4.79 Å². The van der Waals surface area contributed by atoms with E-state index in [1.54, 1.807) is 0 Å². The van der Waals surface area contributed by atoms with Crippen LogP contribution in [-0.2, 0) is 6.42 Å². The topological polar surface area (TPSA) is 29.1 Å². The second-order valence-corrected chi connectivity index (χ2v) is 6.67. The third-order valence-electron chi connectivity index (χ3n) is 3.71. The summed E-state index contributed by atoms with van der Waals surface area (Å²) in [7, 11) is 0. The zero-order valence-corrected chi connectivity index (χ0v) is 14.7. The van der Waals surface area contributed by atoms with Crippen LogP contribution in [0.1, 0.15) is 15.9 Å². The molecule has 22 heavy (non-hydrogen) atoms. The number of hydrogen-bond donors (Lipinski definition) is 1. The molecule has 2 nitrogen and oxygen atoms in total. The summed E-state index contributed by atoms with van der Waals surface area (Å²) in [5.41, 5.74) is 2.01. The van der Waals surface area contributed by atoms with E-state index in [1.807, 2.05) is 30.3 Å². The van der Waals surface area contributed by atoms with Gasteiger partial charge in [-0.2, -0.15) is 0 Å². The van der Waals surface area contributed by atoms with Gasteiger partial charge < -0.3 is 0 Å². The Bertz CT molecular complexity index is 808. The number of carbonyl (C=O) groups excluding carboxylic acids is 1. The number of fused-ring (bicyclic) bond motifs is 1. The van der Waals surface area contributed by atoms with Crippen molar-refractivity contribution in [2.45, 2.75) is 6.42 Å². The molecule has 0 aliphatic carbocycles. The molecule has 110 valence electrons. The molecule has 3 rings (SSSR count). The van der Waals surface area contributed by atoms with Gasteiger partial charge >= 0.3 is 139 Å². The molecule has 0 heterocycles. The number of hydrogen-bond acceptors (Lipinski definition) is 1. The molecule has 1 unspecified atom stereocenters. The second-order valence-electron chi connectivity index (χ2n) is 5.27. The third-order valence-corrected chi connectivity index (χ3v) is 4.46. The minimum atomic E-state index is -0.000244. The Labute approximate surface area is 139 Å². The van der Waals surface area contributed by atoms with Gasteiger partial charge in [-0.05, 0) is 0 Å². The van der Waals surface area contributed by atoms with E-state index in [0.29, 0.717) is 6.54 Å². The van der Waals surface area contributed by atoms with Gasteiger partial charge in [0, 0.05) is 0 Å². The predicted molar refractivity (Wildman–Crippen MR) is 94.6 cm³/mol. The van der Waals surface area contributed by atoms with E-state index < -0.39 is 0 Å². The average Bonchev–Trinajstić information content (AvgIpc) is 2.55. The van der Waals surface area contributed by atoms with Crippen molar-refractivity contribution in [3.05, 3.63) is 77.9 Å². The maximum atomic E-state index is 12.1. The molecule has 0 fully saturated rings. The standard InChI is InChI=1S/C19H18AsNO/c20-17-9-4-8-16(13-17)19(22)21-12-11-15-7-3-6-14-5-1-2-10-18(14)15/h1-10,13H,11-12,20H2,(H,21,22). The Balaban J connectivity index is 1.66. The van der Waals surface area contributed by atoms with Crippen LogP contribution in [0.2, 0.25) is 0 Å². The van der Waals surface area contributed by atoms with Crippen LogP contribution < -0.4 is 9.67 Å². The SMILES string of the molecule is O=C(NCCc1cccc2ccccc12)c1cccc([AsH2])c1. The van der Waals surface area contributed by atoms with Crippen molar-refractivity contribution >= 4 is 37.9 Å². The van der Waals surface area contributed by atoms with Crippen LogP contribution in [0.5, 0.6) is 0 Å². The monoisotopic (exact) mass is 351 g/mol. The Morgan fingerprint density at radius 2 is 1.73 bits per heavy atom. The van der Waals surface area contributed by atoms with Crippen molar-refractivity contribution in [3.63, 3.8) is 0 Å². The van der Waals surface area contributed by atoms with Gasteiger partial charge in [0.05, 0.1) is 0 Å². The van der Waals surface area contributed by atoms with Gasteiger partial charge in [-0.3, -0.25) is 0 Å². The summed E-state index contributed by atoms with van der Waals surface area (Å²) in [6, 6.07) is 22.4. The average molecular weight is 351 g/mol. The summed E-state index contributed by atoms with van der Waals surface area (Å²) in [5, 5.41) is 5.51. The Morgan fingerprint density at radius 1 is 0.955 bits per heavy atom. The number of rotatable bonds is 4. The van der Waals surface area contributed by atoms with E-state index in [1.165, 1.54) is 33.2 Å². The fourth-order valence-corrected chi connectivity index (χ4v) is 3.21. The number of amides is 1. The molecule has 3 aromatic rings. The first-order valence-corrected chi connectivity index (χ1v) is 8.55. The molecular weight excluding hydrogens is 333 g/mol. The molecular formula is C19H18AsNO. The minimum absolute atomic E-state index is 0.000244. The van der Waals surface area contributed by atoms with Crippen molar-refractivity contribution in [1.29, 1.82) is 0 Å². The van der Waals surface area contributed by atoms with Gasteiger partial charge in [0.25, 0.3) is 0 Å². The van der Waals surface area contributed by atoms with Crippen molar-refractivity contribution in [1.82, 2.24) is 5.32 Å². The predicted octanol–water partition coefficient (Wildman–Crippen LogP) is 2.07. The van der Waals surface area contributed by atoms with Crippen molar-refractivity contribution in [2.24, 2.45) is 0 Å². The van der Waals surface area contributed by atoms with Crippen LogP contribution in [0.4, 0.5) is 0 Å². The number of nitrogens with one attached hydrogen (secondary N) is 1. The molecule has 0 radical (unpaired) electrons. The van der Waals surface area contributed by atoms with Gasteiger partial charge in [-0.25, -0.2) is 0 Å². The van der Waals surface area contributed by atoms with Crippen LogP contribution in [0, 0.1) is 0 Å². The first-order chi connectivity index (χ1) is 10.7. The molecule has 0 aliphatic heterocycles. The molecule has 0 aromatic heterocycles. The number of benzene rings is 3. The van der Waals surface area contributed by atoms with E-state index in [2.05, 4.69) is 41.7 Å². The normalized spacial score (nSPS) is 10.6. The zero-order valence-electron chi connectivity index (χ0n) is 12.3. The van der Waals surface area contributed by atoms with E-state index in [4.69, 9.17) is 0 Å². The van der Waals surface area contributed by atoms with E-state index >= 15 is 0 Å². The molecule has 3 aromatic carbocycles. The molecule has 3 heteroatoms. The molecule has 0 saturated heterocycles. The van der Waals surface area contributed by atoms with Gasteiger partial charge in [0.15, 0.2) is 0 Å². The molecule has 0 spiro atoms. The molecule has 1 amide bonds. The summed E-state index contributed by atoms with van der Waals surface area (Å²) in [5.74, 6) is -0.000244. The van der Waals surface area contributed by atoms with Gasteiger partial charge in [0.1, 0.15) is 0 Å².